The lowest BCUT2D eigenvalue weighted by molar-refractivity contribution is 0.394. The third kappa shape index (κ3) is 3.76. The monoisotopic (exact) mass is 366 g/mol. The van der Waals surface area contributed by atoms with Gasteiger partial charge in [-0.15, -0.1) is 0 Å². The number of unbranched alkanes of at least 4 members (excludes halogenated alkanes) is 1. The molecule has 0 aliphatic rings. The maximum atomic E-state index is 12.2. The number of benzene rings is 2. The van der Waals surface area contributed by atoms with Crippen LogP contribution < -0.4 is 16.7 Å². The number of nitrogens with zero attached hydrogens (tertiary/aromatic N) is 2. The average Bonchev–Trinajstić information content (AvgIpc) is 2.66. The minimum absolute atomic E-state index is 0.0153. The molecule has 0 atom stereocenters. The van der Waals surface area contributed by atoms with E-state index in [2.05, 4.69) is 15.5 Å². The lowest BCUT2D eigenvalue weighted by Gasteiger charge is -2.11. The Bertz CT molecular complexity index is 1110. The predicted molar refractivity (Wildman–Crippen MR) is 108 cm³/mol. The van der Waals surface area contributed by atoms with E-state index < -0.39 is 11.2 Å². The van der Waals surface area contributed by atoms with Crippen molar-refractivity contribution in [3.05, 3.63) is 68.9 Å². The van der Waals surface area contributed by atoms with Gasteiger partial charge in [-0.05, 0) is 24.8 Å². The maximum Gasteiger partial charge on any atom is 0.331 e. The molecule has 3 rings (SSSR count). The second-order valence-corrected chi connectivity index (χ2v) is 6.30. The zero-order valence-electron chi connectivity index (χ0n) is 15.3. The number of anilines is 1. The van der Waals surface area contributed by atoms with E-state index in [0.29, 0.717) is 13.0 Å². The number of nitrogens with one attached hydrogen (secondary N) is 2. The molecule has 140 valence electrons. The van der Waals surface area contributed by atoms with Crippen molar-refractivity contribution in [1.82, 2.24) is 9.55 Å². The van der Waals surface area contributed by atoms with Crippen molar-refractivity contribution in [3.8, 4) is 5.88 Å². The van der Waals surface area contributed by atoms with Crippen molar-refractivity contribution in [2.45, 2.75) is 33.2 Å². The number of hydrazone groups is 1. The first-order valence-electron chi connectivity index (χ1n) is 8.87. The van der Waals surface area contributed by atoms with E-state index in [1.807, 2.05) is 49.4 Å². The Kier molecular flexibility index (Phi) is 5.40. The Balaban J connectivity index is 1.99. The molecule has 7 nitrogen and oxygen atoms in total. The van der Waals surface area contributed by atoms with Gasteiger partial charge in [0.25, 0.3) is 5.56 Å². The van der Waals surface area contributed by atoms with E-state index in [1.165, 1.54) is 0 Å². The molecular weight excluding hydrogens is 344 g/mol. The van der Waals surface area contributed by atoms with Gasteiger partial charge in [-0.2, -0.15) is 5.10 Å². The standard InChI is InChI=1S/C20H22N4O3/c1-3-4-12-24-19(26)17(18(25)21-20(24)27)13(2)22-23-16-11-7-9-14-8-5-6-10-15(14)16/h5-11,23,26H,3-4,12H2,1-2H3,(H,21,25,27)/b22-13-. The molecule has 3 aromatic rings. The zero-order valence-corrected chi connectivity index (χ0v) is 15.3. The lowest BCUT2D eigenvalue weighted by Crippen LogP contribution is -2.33. The fourth-order valence-corrected chi connectivity index (χ4v) is 2.93. The summed E-state index contributed by atoms with van der Waals surface area (Å²) in [5.41, 5.74) is 2.72. The third-order valence-corrected chi connectivity index (χ3v) is 4.40. The van der Waals surface area contributed by atoms with Gasteiger partial charge in [0.2, 0.25) is 5.88 Å². The summed E-state index contributed by atoms with van der Waals surface area (Å²) < 4.78 is 1.16. The fourth-order valence-electron chi connectivity index (χ4n) is 2.93. The van der Waals surface area contributed by atoms with E-state index in [9.17, 15) is 14.7 Å². The largest absolute Gasteiger partial charge is 0.494 e. The van der Waals surface area contributed by atoms with Crippen LogP contribution in [0, 0.1) is 0 Å². The van der Waals surface area contributed by atoms with Crippen LogP contribution in [0.15, 0.2) is 57.2 Å². The number of fused-ring (bicyclic) bond motifs is 1. The molecule has 0 unspecified atom stereocenters. The van der Waals surface area contributed by atoms with Crippen LogP contribution in [0.2, 0.25) is 0 Å². The van der Waals surface area contributed by atoms with Gasteiger partial charge in [0.15, 0.2) is 0 Å². The van der Waals surface area contributed by atoms with Gasteiger partial charge in [0, 0.05) is 11.9 Å². The fraction of sp³-hybridized carbons (Fsp3) is 0.250. The first kappa shape index (κ1) is 18.4. The summed E-state index contributed by atoms with van der Waals surface area (Å²) in [5.74, 6) is -0.363. The van der Waals surface area contributed by atoms with E-state index in [1.54, 1.807) is 6.92 Å². The number of aromatic hydroxyl groups is 1. The zero-order chi connectivity index (χ0) is 19.4. The van der Waals surface area contributed by atoms with Crippen LogP contribution in [-0.4, -0.2) is 20.4 Å². The third-order valence-electron chi connectivity index (χ3n) is 4.40. The van der Waals surface area contributed by atoms with Gasteiger partial charge in [-0.1, -0.05) is 49.7 Å². The number of hydrogen-bond acceptors (Lipinski definition) is 5. The molecule has 0 radical (unpaired) electrons. The Morgan fingerprint density at radius 3 is 2.70 bits per heavy atom. The first-order chi connectivity index (χ1) is 13.0. The summed E-state index contributed by atoms with van der Waals surface area (Å²) in [6.45, 7) is 3.92. The molecular formula is C20H22N4O3. The molecule has 3 N–H and O–H groups in total. The predicted octanol–water partition coefficient (Wildman–Crippen LogP) is 3.03. The molecule has 0 saturated carbocycles. The van der Waals surface area contributed by atoms with Crippen molar-refractivity contribution in [2.75, 3.05) is 5.43 Å². The van der Waals surface area contributed by atoms with Crippen LogP contribution in [0.5, 0.6) is 5.88 Å². The lowest BCUT2D eigenvalue weighted by atomic mass is 10.1. The number of hydrogen-bond donors (Lipinski definition) is 3. The summed E-state index contributed by atoms with van der Waals surface area (Å²) in [7, 11) is 0. The van der Waals surface area contributed by atoms with E-state index in [4.69, 9.17) is 0 Å². The Morgan fingerprint density at radius 2 is 1.93 bits per heavy atom. The van der Waals surface area contributed by atoms with Crippen molar-refractivity contribution in [1.29, 1.82) is 0 Å². The normalized spacial score (nSPS) is 11.7. The Hall–Kier alpha value is -3.35. The molecule has 0 aliphatic carbocycles. The Labute approximate surface area is 156 Å². The van der Waals surface area contributed by atoms with Crippen molar-refractivity contribution in [3.63, 3.8) is 0 Å². The molecule has 0 aliphatic heterocycles. The van der Waals surface area contributed by atoms with E-state index >= 15 is 0 Å². The minimum atomic E-state index is -0.661. The first-order valence-corrected chi connectivity index (χ1v) is 8.87. The molecule has 27 heavy (non-hydrogen) atoms. The number of rotatable bonds is 6. The van der Waals surface area contributed by atoms with Crippen LogP contribution in [0.4, 0.5) is 5.69 Å². The second kappa shape index (κ2) is 7.90. The van der Waals surface area contributed by atoms with Gasteiger partial charge >= 0.3 is 5.69 Å². The van der Waals surface area contributed by atoms with E-state index in [0.717, 1.165) is 27.4 Å². The summed E-state index contributed by atoms with van der Waals surface area (Å²) in [6.07, 6.45) is 1.57. The molecule has 0 amide bonds. The number of aromatic nitrogens is 2. The van der Waals surface area contributed by atoms with Gasteiger partial charge in [0.05, 0.1) is 11.4 Å². The molecule has 0 saturated heterocycles. The highest BCUT2D eigenvalue weighted by atomic mass is 16.3. The van der Waals surface area contributed by atoms with Crippen LogP contribution >= 0.6 is 0 Å². The number of aromatic amines is 1. The quantitative estimate of drug-likeness (QED) is 0.461. The molecule has 0 spiro atoms. The van der Waals surface area contributed by atoms with Crippen molar-refractivity contribution >= 4 is 22.2 Å². The smallest absolute Gasteiger partial charge is 0.331 e. The van der Waals surface area contributed by atoms with Crippen LogP contribution in [-0.2, 0) is 6.54 Å². The van der Waals surface area contributed by atoms with Gasteiger partial charge in [-0.25, -0.2) is 4.79 Å². The maximum absolute atomic E-state index is 12.2. The Morgan fingerprint density at radius 1 is 1.19 bits per heavy atom. The summed E-state index contributed by atoms with van der Waals surface area (Å²) in [6, 6.07) is 13.6. The summed E-state index contributed by atoms with van der Waals surface area (Å²) >= 11 is 0. The molecule has 0 bridgehead atoms. The highest BCUT2D eigenvalue weighted by Gasteiger charge is 2.16. The minimum Gasteiger partial charge on any atom is -0.494 e. The van der Waals surface area contributed by atoms with Crippen LogP contribution in [0.1, 0.15) is 32.3 Å². The van der Waals surface area contributed by atoms with Crippen molar-refractivity contribution < 1.29 is 5.11 Å². The molecule has 2 aromatic carbocycles. The molecule has 1 heterocycles. The van der Waals surface area contributed by atoms with Crippen LogP contribution in [0.3, 0.4) is 0 Å². The van der Waals surface area contributed by atoms with Gasteiger partial charge < -0.3 is 5.11 Å². The van der Waals surface area contributed by atoms with Crippen molar-refractivity contribution in [2.24, 2.45) is 5.10 Å². The summed E-state index contributed by atoms with van der Waals surface area (Å²) in [4.78, 5) is 26.4. The molecule has 7 heteroatoms. The van der Waals surface area contributed by atoms with E-state index in [-0.39, 0.29) is 17.2 Å². The van der Waals surface area contributed by atoms with Gasteiger partial charge in [0.1, 0.15) is 5.56 Å². The topological polar surface area (TPSA) is 99.5 Å². The van der Waals surface area contributed by atoms with Gasteiger partial charge in [-0.3, -0.25) is 19.8 Å². The number of H-pyrrole nitrogens is 1. The van der Waals surface area contributed by atoms with Crippen LogP contribution in [0.25, 0.3) is 10.8 Å². The second-order valence-electron chi connectivity index (χ2n) is 6.30. The SMILES string of the molecule is CCCCn1c(O)c(/C(C)=N\Nc2cccc3ccccc23)c(=O)[nH]c1=O. The summed E-state index contributed by atoms with van der Waals surface area (Å²) in [5, 5.41) is 16.8. The highest BCUT2D eigenvalue weighted by molar-refractivity contribution is 6.01. The highest BCUT2D eigenvalue weighted by Crippen LogP contribution is 2.23. The average molecular weight is 366 g/mol. The molecule has 0 fully saturated rings. The molecule has 1 aromatic heterocycles.